The van der Waals surface area contributed by atoms with Gasteiger partial charge in [-0.1, -0.05) is 41.5 Å². The minimum absolute atomic E-state index is 0.0778. The molecule has 1 aliphatic rings. The van der Waals surface area contributed by atoms with Crippen molar-refractivity contribution in [3.05, 3.63) is 23.3 Å². The van der Waals surface area contributed by atoms with Crippen LogP contribution in [0.15, 0.2) is 12.1 Å². The molecule has 0 spiro atoms. The molecule has 38 heavy (non-hydrogen) atoms. The molecule has 0 saturated carbocycles. The second-order valence-corrected chi connectivity index (χ2v) is 23.3. The number of esters is 1. The Morgan fingerprint density at radius 3 is 2.13 bits per heavy atom. The Morgan fingerprint density at radius 1 is 1.05 bits per heavy atom. The van der Waals surface area contributed by atoms with Crippen molar-refractivity contribution in [1.82, 2.24) is 5.32 Å². The van der Waals surface area contributed by atoms with Gasteiger partial charge in [-0.3, -0.25) is 4.79 Å². The lowest BCUT2D eigenvalue weighted by atomic mass is 10.1. The third-order valence-corrected chi connectivity index (χ3v) is 17.4. The fourth-order valence-electron chi connectivity index (χ4n) is 3.03. The van der Waals surface area contributed by atoms with E-state index in [0.717, 1.165) is 0 Å². The SMILES string of the molecule is CC(C)(C)[Si](C)(C)Oc1cc(O[Si](C)(C)C(C)(C)C)c2c(c1)C(=O)OC[C@H](N)C(=O)N[C@H](C(=O)O)CSC2. The number of aliphatic carboxylic acids is 1. The summed E-state index contributed by atoms with van der Waals surface area (Å²) in [5, 5.41) is 11.8. The number of carboxylic acid groups (broad SMARTS) is 1. The number of rotatable bonds is 5. The van der Waals surface area contributed by atoms with Crippen molar-refractivity contribution < 1.29 is 33.1 Å². The maximum Gasteiger partial charge on any atom is 0.338 e. The summed E-state index contributed by atoms with van der Waals surface area (Å²) in [6.45, 7) is 20.9. The molecule has 1 aromatic rings. The molecule has 2 rings (SSSR count). The van der Waals surface area contributed by atoms with E-state index in [1.165, 1.54) is 11.8 Å². The van der Waals surface area contributed by atoms with E-state index < -0.39 is 53.2 Å². The Kier molecular flexibility index (Phi) is 9.83. The fraction of sp³-hybridized carbons (Fsp3) is 0.654. The topological polar surface area (TPSA) is 137 Å². The summed E-state index contributed by atoms with van der Waals surface area (Å²) in [5.41, 5.74) is 6.77. The summed E-state index contributed by atoms with van der Waals surface area (Å²) in [5.74, 6) is -1.08. The second kappa shape index (κ2) is 11.6. The lowest BCUT2D eigenvalue weighted by Crippen LogP contribution is -2.51. The normalized spacial score (nSPS) is 20.3. The molecule has 0 saturated heterocycles. The van der Waals surface area contributed by atoms with Crippen molar-refractivity contribution in [3.63, 3.8) is 0 Å². The van der Waals surface area contributed by atoms with Crippen LogP contribution in [-0.4, -0.2) is 64.0 Å². The fourth-order valence-corrected chi connectivity index (χ4v) is 6.16. The maximum absolute atomic E-state index is 13.4. The second-order valence-electron chi connectivity index (χ2n) is 12.8. The number of carbonyl (C=O) groups excluding carboxylic acids is 2. The van der Waals surface area contributed by atoms with Crippen molar-refractivity contribution in [3.8, 4) is 11.5 Å². The third-order valence-electron chi connectivity index (χ3n) is 7.63. The molecule has 214 valence electrons. The van der Waals surface area contributed by atoms with E-state index in [9.17, 15) is 19.5 Å². The largest absolute Gasteiger partial charge is 0.543 e. The molecule has 9 nitrogen and oxygen atoms in total. The summed E-state index contributed by atoms with van der Waals surface area (Å²) in [6.07, 6.45) is 0. The van der Waals surface area contributed by atoms with Gasteiger partial charge in [0.1, 0.15) is 30.2 Å². The number of benzene rings is 1. The molecule has 2 atom stereocenters. The van der Waals surface area contributed by atoms with Gasteiger partial charge >= 0.3 is 11.9 Å². The van der Waals surface area contributed by atoms with Gasteiger partial charge in [-0.15, -0.1) is 0 Å². The van der Waals surface area contributed by atoms with Gasteiger partial charge in [0.05, 0.1) is 5.56 Å². The Balaban J connectivity index is 2.69. The molecule has 1 heterocycles. The Hall–Kier alpha value is -2.03. The zero-order valence-electron chi connectivity index (χ0n) is 24.3. The number of hydrogen-bond acceptors (Lipinski definition) is 8. The summed E-state index contributed by atoms with van der Waals surface area (Å²) in [6, 6.07) is 1.18. The number of fused-ring (bicyclic) bond motifs is 1. The number of amides is 1. The zero-order chi connectivity index (χ0) is 29.3. The Morgan fingerprint density at radius 2 is 1.61 bits per heavy atom. The first-order valence-corrected chi connectivity index (χ1v) is 19.7. The summed E-state index contributed by atoms with van der Waals surface area (Å²) in [4.78, 5) is 37.5. The lowest BCUT2D eigenvalue weighted by molar-refractivity contribution is -0.141. The van der Waals surface area contributed by atoms with E-state index in [4.69, 9.17) is 19.3 Å². The number of hydrogen-bond donors (Lipinski definition) is 3. The number of ether oxygens (including phenoxy) is 1. The van der Waals surface area contributed by atoms with E-state index >= 15 is 0 Å². The van der Waals surface area contributed by atoms with Crippen molar-refractivity contribution in [2.24, 2.45) is 5.73 Å². The van der Waals surface area contributed by atoms with E-state index in [2.05, 4.69) is 73.0 Å². The van der Waals surface area contributed by atoms with Gasteiger partial charge in [-0.25, -0.2) is 9.59 Å². The van der Waals surface area contributed by atoms with Crippen LogP contribution in [0.3, 0.4) is 0 Å². The van der Waals surface area contributed by atoms with Gasteiger partial charge in [-0.05, 0) is 42.3 Å². The number of carboxylic acids is 1. The predicted molar refractivity (Wildman–Crippen MR) is 156 cm³/mol. The van der Waals surface area contributed by atoms with Crippen LogP contribution in [0.5, 0.6) is 11.5 Å². The molecule has 0 unspecified atom stereocenters. The van der Waals surface area contributed by atoms with Crippen LogP contribution in [0.4, 0.5) is 0 Å². The highest BCUT2D eigenvalue weighted by Gasteiger charge is 2.42. The zero-order valence-corrected chi connectivity index (χ0v) is 27.1. The van der Waals surface area contributed by atoms with Crippen LogP contribution >= 0.6 is 11.8 Å². The number of nitrogens with two attached hydrogens (primary N) is 1. The molecule has 0 radical (unpaired) electrons. The maximum atomic E-state index is 13.4. The van der Waals surface area contributed by atoms with Crippen molar-refractivity contribution in [1.29, 1.82) is 0 Å². The van der Waals surface area contributed by atoms with Gasteiger partial charge in [0.2, 0.25) is 22.5 Å². The quantitative estimate of drug-likeness (QED) is 0.330. The molecular formula is C26H44N2O7SSi2. The molecule has 1 aliphatic heterocycles. The molecule has 4 N–H and O–H groups in total. The smallest absolute Gasteiger partial charge is 0.338 e. The molecule has 0 fully saturated rings. The van der Waals surface area contributed by atoms with E-state index in [1.807, 2.05) is 6.07 Å². The van der Waals surface area contributed by atoms with E-state index in [-0.39, 0.29) is 27.1 Å². The molecular weight excluding hydrogens is 541 g/mol. The van der Waals surface area contributed by atoms with Gasteiger partial charge < -0.3 is 29.7 Å². The van der Waals surface area contributed by atoms with Gasteiger partial charge in [-0.2, -0.15) is 11.8 Å². The molecule has 0 bridgehead atoms. The average molecular weight is 585 g/mol. The van der Waals surface area contributed by atoms with Crippen LogP contribution in [0.1, 0.15) is 57.5 Å². The highest BCUT2D eigenvalue weighted by Crippen LogP contribution is 2.43. The monoisotopic (exact) mass is 584 g/mol. The number of carbonyl (C=O) groups is 3. The Labute approximate surface area is 232 Å². The highest BCUT2D eigenvalue weighted by molar-refractivity contribution is 7.98. The van der Waals surface area contributed by atoms with Crippen LogP contribution in [0, 0.1) is 0 Å². The molecule has 1 amide bonds. The first kappa shape index (κ1) is 32.2. The van der Waals surface area contributed by atoms with E-state index in [0.29, 0.717) is 17.1 Å². The molecule has 0 aliphatic carbocycles. The van der Waals surface area contributed by atoms with Gasteiger partial charge in [0.25, 0.3) is 0 Å². The van der Waals surface area contributed by atoms with Crippen molar-refractivity contribution in [2.75, 3.05) is 12.4 Å². The van der Waals surface area contributed by atoms with Crippen LogP contribution < -0.4 is 19.9 Å². The first-order valence-electron chi connectivity index (χ1n) is 12.7. The summed E-state index contributed by atoms with van der Waals surface area (Å²) in [7, 11) is -4.61. The Bertz CT molecular complexity index is 1060. The number of nitrogens with one attached hydrogen (secondary N) is 1. The average Bonchev–Trinajstić information content (AvgIpc) is 2.74. The molecule has 1 aromatic carbocycles. The van der Waals surface area contributed by atoms with Gasteiger partial charge in [0.15, 0.2) is 0 Å². The molecule has 12 heteroatoms. The third kappa shape index (κ3) is 7.76. The van der Waals surface area contributed by atoms with Crippen molar-refractivity contribution in [2.45, 2.75) is 95.6 Å². The summed E-state index contributed by atoms with van der Waals surface area (Å²) >= 11 is 1.28. The lowest BCUT2D eigenvalue weighted by Gasteiger charge is -2.38. The number of cyclic esters (lactones) is 1. The van der Waals surface area contributed by atoms with Crippen LogP contribution in [0.2, 0.25) is 36.3 Å². The minimum atomic E-state index is -2.34. The van der Waals surface area contributed by atoms with Gasteiger partial charge in [0, 0.05) is 23.1 Å². The van der Waals surface area contributed by atoms with Crippen LogP contribution in [0.25, 0.3) is 0 Å². The highest BCUT2D eigenvalue weighted by atomic mass is 32.2. The first-order chi connectivity index (χ1) is 17.2. The summed E-state index contributed by atoms with van der Waals surface area (Å²) < 4.78 is 18.8. The number of thioether (sulfide) groups is 1. The van der Waals surface area contributed by atoms with Crippen molar-refractivity contribution >= 4 is 46.2 Å². The minimum Gasteiger partial charge on any atom is -0.543 e. The standard InChI is InChI=1S/C26H44N2O7SSi2/c1-25(2,3)37(7,8)34-16-11-17-18(21(12-16)35-38(9,10)26(4,5)6)14-36-15-20(23(30)31)28-22(29)19(27)13-33-24(17)32/h11-12,19-20H,13-15,27H2,1-10H3,(H,28,29)(H,30,31)/t19-,20-/m0/s1. The predicted octanol–water partition coefficient (Wildman–Crippen LogP) is 4.75. The molecule has 0 aromatic heterocycles. The van der Waals surface area contributed by atoms with E-state index in [1.54, 1.807) is 6.07 Å². The van der Waals surface area contributed by atoms with Crippen LogP contribution in [-0.2, 0) is 20.1 Å².